The zero-order valence-electron chi connectivity index (χ0n) is 19.8. The summed E-state index contributed by atoms with van der Waals surface area (Å²) in [4.78, 5) is 2.20. The summed E-state index contributed by atoms with van der Waals surface area (Å²) in [6.45, 7) is 10.7. The van der Waals surface area contributed by atoms with Gasteiger partial charge in [-0.05, 0) is 86.7 Å². The van der Waals surface area contributed by atoms with Crippen LogP contribution in [0, 0.1) is 29.1 Å². The van der Waals surface area contributed by atoms with Crippen LogP contribution in [0.15, 0.2) is 35.5 Å². The molecule has 0 spiro atoms. The first-order chi connectivity index (χ1) is 15.2. The molecule has 0 unspecified atom stereocenters. The van der Waals surface area contributed by atoms with Crippen LogP contribution >= 0.6 is 0 Å². The van der Waals surface area contributed by atoms with Crippen LogP contribution < -0.4 is 0 Å². The topological polar surface area (TPSA) is 43.7 Å². The minimum atomic E-state index is -2.17. The Morgan fingerprint density at radius 1 is 1.16 bits per heavy atom. The quantitative estimate of drug-likeness (QED) is 0.537. The molecule has 0 aromatic rings. The van der Waals surface area contributed by atoms with Crippen LogP contribution in [0.2, 0.25) is 0 Å². The monoisotopic (exact) mass is 449 g/mol. The lowest BCUT2D eigenvalue weighted by molar-refractivity contribution is -0.0280. The maximum Gasteiger partial charge on any atom is 0.243 e. The Bertz CT molecular complexity index is 741. The summed E-state index contributed by atoms with van der Waals surface area (Å²) >= 11 is 0. The summed E-state index contributed by atoms with van der Waals surface area (Å²) in [7, 11) is 0. The number of alkyl halides is 2. The molecule has 5 heteroatoms. The van der Waals surface area contributed by atoms with E-state index in [1.165, 1.54) is 31.3 Å². The average Bonchev–Trinajstić information content (AvgIpc) is 3.06. The lowest BCUT2D eigenvalue weighted by atomic mass is 9.61. The van der Waals surface area contributed by atoms with Crippen LogP contribution in [0.5, 0.6) is 0 Å². The molecule has 3 saturated carbocycles. The predicted molar refractivity (Wildman–Crippen MR) is 124 cm³/mol. The zero-order valence-corrected chi connectivity index (χ0v) is 19.8. The van der Waals surface area contributed by atoms with Crippen molar-refractivity contribution in [3.8, 4) is 0 Å². The predicted octanol–water partition coefficient (Wildman–Crippen LogP) is 5.35. The van der Waals surface area contributed by atoms with Crippen LogP contribution in [-0.2, 0) is 0 Å². The van der Waals surface area contributed by atoms with E-state index in [1.54, 1.807) is 0 Å². The van der Waals surface area contributed by atoms with E-state index < -0.39 is 24.6 Å². The molecule has 1 saturated heterocycles. The van der Waals surface area contributed by atoms with Crippen LogP contribution in [0.4, 0.5) is 8.78 Å². The molecule has 1 heterocycles. The fourth-order valence-corrected chi connectivity index (χ4v) is 7.18. The van der Waals surface area contributed by atoms with Gasteiger partial charge in [-0.1, -0.05) is 43.7 Å². The Kier molecular flexibility index (Phi) is 7.29. The second-order valence-corrected chi connectivity index (χ2v) is 11.3. The molecule has 6 atom stereocenters. The van der Waals surface area contributed by atoms with E-state index in [0.717, 1.165) is 25.0 Å². The van der Waals surface area contributed by atoms with E-state index in [2.05, 4.69) is 37.5 Å². The smallest absolute Gasteiger partial charge is 0.243 e. The lowest BCUT2D eigenvalue weighted by Crippen LogP contribution is -2.50. The van der Waals surface area contributed by atoms with Gasteiger partial charge in [-0.25, -0.2) is 8.78 Å². The van der Waals surface area contributed by atoms with Crippen LogP contribution in [0.1, 0.15) is 65.2 Å². The van der Waals surface area contributed by atoms with Gasteiger partial charge in [-0.15, -0.1) is 0 Å². The molecule has 3 nitrogen and oxygen atoms in total. The second kappa shape index (κ2) is 9.68. The van der Waals surface area contributed by atoms with Crippen molar-refractivity contribution in [2.75, 3.05) is 19.6 Å². The van der Waals surface area contributed by atoms with Gasteiger partial charge < -0.3 is 15.1 Å². The molecule has 0 aromatic heterocycles. The minimum Gasteiger partial charge on any atom is -0.388 e. The molecule has 4 aliphatic rings. The van der Waals surface area contributed by atoms with Crippen molar-refractivity contribution in [1.29, 1.82) is 0 Å². The number of aliphatic hydroxyl groups excluding tert-OH is 2. The molecular weight excluding hydrogens is 408 g/mol. The van der Waals surface area contributed by atoms with E-state index in [9.17, 15) is 19.0 Å². The van der Waals surface area contributed by atoms with Gasteiger partial charge in [0.25, 0.3) is 0 Å². The number of hydrogen-bond acceptors (Lipinski definition) is 3. The molecule has 0 amide bonds. The van der Waals surface area contributed by atoms with Gasteiger partial charge in [0, 0.05) is 19.0 Å². The molecule has 0 aromatic carbocycles. The maximum atomic E-state index is 12.7. The fraction of sp³-hybridized carbons (Fsp3) is 0.778. The van der Waals surface area contributed by atoms with Crippen molar-refractivity contribution in [2.24, 2.45) is 29.1 Å². The number of allylic oxidation sites excluding steroid dienone is 3. The Hall–Kier alpha value is -1.04. The van der Waals surface area contributed by atoms with Gasteiger partial charge >= 0.3 is 0 Å². The molecule has 32 heavy (non-hydrogen) atoms. The third kappa shape index (κ3) is 4.76. The van der Waals surface area contributed by atoms with Crippen molar-refractivity contribution < 1.29 is 19.0 Å². The van der Waals surface area contributed by atoms with E-state index in [4.69, 9.17) is 0 Å². The number of likely N-dealkylation sites (tertiary alicyclic amines) is 1. The van der Waals surface area contributed by atoms with Crippen molar-refractivity contribution in [2.45, 2.75) is 83.8 Å². The fourth-order valence-electron chi connectivity index (χ4n) is 7.18. The average molecular weight is 450 g/mol. The summed E-state index contributed by atoms with van der Waals surface area (Å²) in [5.74, 6) is 1.50. The van der Waals surface area contributed by atoms with Crippen molar-refractivity contribution >= 4 is 0 Å². The second-order valence-electron chi connectivity index (χ2n) is 11.3. The van der Waals surface area contributed by atoms with Crippen molar-refractivity contribution in [3.05, 3.63) is 35.5 Å². The highest BCUT2D eigenvalue weighted by Gasteiger charge is 2.50. The summed E-state index contributed by atoms with van der Waals surface area (Å²) in [5.41, 5.74) is 3.51. The number of nitrogens with zero attached hydrogens (tertiary/aromatic N) is 1. The molecule has 4 fully saturated rings. The summed E-state index contributed by atoms with van der Waals surface area (Å²) in [5, 5.41) is 20.3. The molecule has 0 bridgehead atoms. The third-order valence-electron chi connectivity index (χ3n) is 9.27. The molecular formula is C27H41F2NO2. The SMILES string of the molecule is C=C1[C@H](O)CC(=C/C=C2\CCC[C@]3(C)[C@@H]([C@H](C)CCN4CC(C(F)F)C4)CC[C@@H]23)C[C@H]1O. The summed E-state index contributed by atoms with van der Waals surface area (Å²) < 4.78 is 25.5. The number of aliphatic hydroxyl groups is 2. The van der Waals surface area contributed by atoms with Gasteiger partial charge in [0.15, 0.2) is 0 Å². The summed E-state index contributed by atoms with van der Waals surface area (Å²) in [6.07, 6.45) is 9.38. The van der Waals surface area contributed by atoms with E-state index in [-0.39, 0.29) is 0 Å². The minimum absolute atomic E-state index is 0.322. The number of hydrogen-bond donors (Lipinski definition) is 2. The zero-order chi connectivity index (χ0) is 23.0. The van der Waals surface area contributed by atoms with Crippen LogP contribution in [-0.4, -0.2) is 53.4 Å². The Morgan fingerprint density at radius 3 is 2.50 bits per heavy atom. The highest BCUT2D eigenvalue weighted by Crippen LogP contribution is 2.59. The first-order valence-electron chi connectivity index (χ1n) is 12.6. The van der Waals surface area contributed by atoms with Crippen molar-refractivity contribution in [3.63, 3.8) is 0 Å². The maximum absolute atomic E-state index is 12.7. The van der Waals surface area contributed by atoms with E-state index >= 15 is 0 Å². The Labute approximate surface area is 192 Å². The largest absolute Gasteiger partial charge is 0.388 e. The van der Waals surface area contributed by atoms with Crippen LogP contribution in [0.3, 0.4) is 0 Å². The molecule has 180 valence electrons. The molecule has 4 rings (SSSR count). The standard InChI is InChI=1S/C27H41F2NO2/c1-17(10-12-30-15-21(16-30)26(28)29)22-8-9-23-20(5-4-11-27(22,23)3)7-6-19-13-24(31)18(2)25(32)14-19/h6-7,17,21-26,31-32H,2,4-5,8-16H2,1,3H3/b20-7+/t17-,22-,23+,24-,25-,27-/m1/s1. The number of rotatable bonds is 6. The van der Waals surface area contributed by atoms with E-state index in [0.29, 0.717) is 54.7 Å². The van der Waals surface area contributed by atoms with Gasteiger partial charge in [0.2, 0.25) is 6.43 Å². The summed E-state index contributed by atoms with van der Waals surface area (Å²) in [6, 6.07) is 0. The lowest BCUT2D eigenvalue weighted by Gasteiger charge is -2.45. The highest BCUT2D eigenvalue weighted by molar-refractivity contribution is 5.29. The number of fused-ring (bicyclic) bond motifs is 1. The van der Waals surface area contributed by atoms with E-state index in [1.807, 2.05) is 0 Å². The molecule has 2 N–H and O–H groups in total. The van der Waals surface area contributed by atoms with Crippen LogP contribution in [0.25, 0.3) is 0 Å². The molecule has 3 aliphatic carbocycles. The Morgan fingerprint density at radius 2 is 1.84 bits per heavy atom. The van der Waals surface area contributed by atoms with Gasteiger partial charge in [0.1, 0.15) is 0 Å². The van der Waals surface area contributed by atoms with Gasteiger partial charge in [-0.3, -0.25) is 0 Å². The molecule has 0 radical (unpaired) electrons. The van der Waals surface area contributed by atoms with Crippen molar-refractivity contribution in [1.82, 2.24) is 4.90 Å². The number of halogens is 2. The normalized spacial score (nSPS) is 38.8. The third-order valence-corrected chi connectivity index (χ3v) is 9.27. The Balaban J connectivity index is 1.37. The van der Waals surface area contributed by atoms with Gasteiger partial charge in [0.05, 0.1) is 12.2 Å². The first-order valence-corrected chi connectivity index (χ1v) is 12.6. The highest BCUT2D eigenvalue weighted by atomic mass is 19.3. The first kappa shape index (κ1) is 24.1. The molecule has 1 aliphatic heterocycles. The van der Waals surface area contributed by atoms with Gasteiger partial charge in [-0.2, -0.15) is 0 Å².